The Morgan fingerprint density at radius 2 is 1.50 bits per heavy atom. The van der Waals surface area contributed by atoms with E-state index in [0.717, 1.165) is 6.61 Å². The van der Waals surface area contributed by atoms with Crippen LogP contribution in [0.25, 0.3) is 0 Å². The fraction of sp³-hybridized carbons (Fsp3) is 0.625. The summed E-state index contributed by atoms with van der Waals surface area (Å²) in [5.41, 5.74) is 0. The van der Waals surface area contributed by atoms with Crippen LogP contribution in [0.1, 0.15) is 19.8 Å². The van der Waals surface area contributed by atoms with Gasteiger partial charge in [0.05, 0.1) is 25.6 Å². The van der Waals surface area contributed by atoms with Crippen molar-refractivity contribution in [1.29, 1.82) is 0 Å². The maximum absolute atomic E-state index is 10.0. The summed E-state index contributed by atoms with van der Waals surface area (Å²) in [6, 6.07) is 0. The van der Waals surface area contributed by atoms with Gasteiger partial charge in [-0.1, -0.05) is 0 Å². The number of ether oxygens (including phenoxy) is 2. The van der Waals surface area contributed by atoms with Crippen LogP contribution < -0.4 is 0 Å². The van der Waals surface area contributed by atoms with Gasteiger partial charge in [-0.25, -0.2) is 0 Å². The highest BCUT2D eigenvalue weighted by Crippen LogP contribution is 2.04. The van der Waals surface area contributed by atoms with Crippen LogP contribution in [0.3, 0.4) is 0 Å². The van der Waals surface area contributed by atoms with Crippen molar-refractivity contribution in [3.8, 4) is 0 Å². The quantitative estimate of drug-likeness (QED) is 0.303. The van der Waals surface area contributed by atoms with Crippen LogP contribution in [0.5, 0.6) is 0 Å². The smallest absolute Gasteiger partial charge is 0.373 e. The van der Waals surface area contributed by atoms with Crippen LogP contribution >= 0.6 is 0 Å². The van der Waals surface area contributed by atoms with Crippen LogP contribution in [-0.2, 0) is 28.7 Å². The summed E-state index contributed by atoms with van der Waals surface area (Å²) < 4.78 is 8.79. The van der Waals surface area contributed by atoms with Gasteiger partial charge in [0, 0.05) is 0 Å². The predicted octanol–water partition coefficient (Wildman–Crippen LogP) is -0.328. The first-order valence-electron chi connectivity index (χ1n) is 3.94. The summed E-state index contributed by atoms with van der Waals surface area (Å²) in [6.07, 6.45) is 1.36. The molecule has 2 fully saturated rings. The molecule has 1 unspecified atom stereocenters. The van der Waals surface area contributed by atoms with Gasteiger partial charge in [-0.05, 0) is 6.92 Å². The molecule has 0 aromatic rings. The van der Waals surface area contributed by atoms with E-state index in [1.807, 2.05) is 0 Å². The van der Waals surface area contributed by atoms with Gasteiger partial charge in [0.25, 0.3) is 0 Å². The van der Waals surface area contributed by atoms with Gasteiger partial charge in [-0.15, -0.1) is 0 Å². The maximum atomic E-state index is 10.0. The van der Waals surface area contributed by atoms with Gasteiger partial charge in [0.1, 0.15) is 0 Å². The monoisotopic (exact) mass is 202 g/mol. The van der Waals surface area contributed by atoms with Gasteiger partial charge < -0.3 is 9.47 Å². The highest BCUT2D eigenvalue weighted by atomic mass is 16.6. The molecule has 2 saturated heterocycles. The molecule has 2 aliphatic heterocycles. The Bertz CT molecular complexity index is 222. The number of esters is 2. The zero-order valence-electron chi connectivity index (χ0n) is 7.65. The van der Waals surface area contributed by atoms with Crippen molar-refractivity contribution >= 4 is 18.1 Å². The molecule has 14 heavy (non-hydrogen) atoms. The van der Waals surface area contributed by atoms with E-state index in [9.17, 15) is 9.59 Å². The summed E-state index contributed by atoms with van der Waals surface area (Å²) in [5.74, 6) is -0.796. The normalized spacial score (nSPS) is 21.9. The first-order valence-corrected chi connectivity index (χ1v) is 3.94. The lowest BCUT2D eigenvalue weighted by Crippen LogP contribution is -1.94. The van der Waals surface area contributed by atoms with Crippen LogP contribution in [0, 0.1) is 0 Å². The molecular formula is C8H10O6. The molecule has 1 atom stereocenters. The van der Waals surface area contributed by atoms with Gasteiger partial charge >= 0.3 is 18.1 Å². The minimum atomic E-state index is -0.398. The number of rotatable bonds is 0. The molecule has 0 spiro atoms. The Hall–Kier alpha value is -1.52. The Kier molecular flexibility index (Phi) is 6.19. The summed E-state index contributed by atoms with van der Waals surface area (Å²) in [6.45, 7) is 3.04. The van der Waals surface area contributed by atoms with E-state index in [1.54, 1.807) is 0 Å². The summed E-state index contributed by atoms with van der Waals surface area (Å²) in [4.78, 5) is 36.3. The van der Waals surface area contributed by atoms with Gasteiger partial charge in [-0.2, -0.15) is 9.59 Å². The van der Waals surface area contributed by atoms with E-state index >= 15 is 0 Å². The zero-order chi connectivity index (χ0) is 11.0. The third-order valence-corrected chi connectivity index (χ3v) is 1.26. The molecule has 0 radical (unpaired) electrons. The standard InChI is InChI=1S/C4H4O3.C3H6O.CO2/c5-3-1-2-4(6)7-3;1-3-2-4-3;2-1-3/h1-2H2;3H,2H2,1H3;. The molecular weight excluding hydrogens is 192 g/mol. The molecule has 78 valence electrons. The van der Waals surface area contributed by atoms with Gasteiger partial charge in [0.2, 0.25) is 0 Å². The van der Waals surface area contributed by atoms with E-state index in [1.165, 1.54) is 0 Å². The molecule has 2 rings (SSSR count). The first kappa shape index (κ1) is 12.5. The molecule has 0 aromatic carbocycles. The SMILES string of the molecule is CC1CO1.O=C1CCC(=O)O1.O=C=O. The molecule has 0 bridgehead atoms. The molecule has 0 saturated carbocycles. The number of cyclic esters (lactones) is 2. The lowest BCUT2D eigenvalue weighted by Gasteiger charge is -1.79. The second-order valence-corrected chi connectivity index (χ2v) is 2.57. The third-order valence-electron chi connectivity index (χ3n) is 1.26. The largest absolute Gasteiger partial charge is 0.393 e. The molecule has 6 heteroatoms. The maximum Gasteiger partial charge on any atom is 0.373 e. The molecule has 2 heterocycles. The van der Waals surface area contributed by atoms with E-state index < -0.39 is 11.9 Å². The average molecular weight is 202 g/mol. The molecule has 6 nitrogen and oxygen atoms in total. The van der Waals surface area contributed by atoms with Gasteiger partial charge in [-0.3, -0.25) is 9.59 Å². The van der Waals surface area contributed by atoms with E-state index in [4.69, 9.17) is 14.3 Å². The van der Waals surface area contributed by atoms with Crippen LogP contribution in [-0.4, -0.2) is 30.8 Å². The Labute approximate surface area is 80.2 Å². The molecule has 0 aromatic heterocycles. The number of carbonyl (C=O) groups excluding carboxylic acids is 4. The fourth-order valence-electron chi connectivity index (χ4n) is 0.529. The summed E-state index contributed by atoms with van der Waals surface area (Å²) >= 11 is 0. The van der Waals surface area contributed by atoms with Crippen LogP contribution in [0.4, 0.5) is 0 Å². The lowest BCUT2D eigenvalue weighted by atomic mass is 10.4. The van der Waals surface area contributed by atoms with E-state index in [-0.39, 0.29) is 19.0 Å². The van der Waals surface area contributed by atoms with Crippen molar-refractivity contribution in [3.63, 3.8) is 0 Å². The summed E-state index contributed by atoms with van der Waals surface area (Å²) in [7, 11) is 0. The van der Waals surface area contributed by atoms with E-state index in [0.29, 0.717) is 6.10 Å². The molecule has 0 N–H and O–H groups in total. The Morgan fingerprint density at radius 1 is 1.21 bits per heavy atom. The second kappa shape index (κ2) is 6.94. The topological polar surface area (TPSA) is 90.0 Å². The molecule has 0 aliphatic carbocycles. The highest BCUT2D eigenvalue weighted by molar-refractivity contribution is 5.92. The average Bonchev–Trinajstić information content (AvgIpc) is 2.78. The third kappa shape index (κ3) is 8.58. The van der Waals surface area contributed by atoms with Crippen LogP contribution in [0.2, 0.25) is 0 Å². The van der Waals surface area contributed by atoms with Crippen molar-refractivity contribution in [1.82, 2.24) is 0 Å². The van der Waals surface area contributed by atoms with Crippen molar-refractivity contribution < 1.29 is 28.7 Å². The van der Waals surface area contributed by atoms with Crippen LogP contribution in [0.15, 0.2) is 0 Å². The lowest BCUT2D eigenvalue weighted by molar-refractivity contribution is -0.191. The number of epoxide rings is 1. The summed E-state index contributed by atoms with van der Waals surface area (Å²) in [5, 5.41) is 0. The highest BCUT2D eigenvalue weighted by Gasteiger charge is 2.19. The minimum Gasteiger partial charge on any atom is -0.393 e. The van der Waals surface area contributed by atoms with Crippen molar-refractivity contribution in [2.45, 2.75) is 25.9 Å². The molecule has 2 aliphatic rings. The first-order chi connectivity index (χ1) is 6.60. The zero-order valence-corrected chi connectivity index (χ0v) is 7.65. The minimum absolute atomic E-state index is 0.250. The van der Waals surface area contributed by atoms with Crippen molar-refractivity contribution in [3.05, 3.63) is 0 Å². The fourth-order valence-corrected chi connectivity index (χ4v) is 0.529. The number of hydrogen-bond acceptors (Lipinski definition) is 6. The Balaban J connectivity index is 0.000000206. The number of carbonyl (C=O) groups is 2. The number of hydrogen-bond donors (Lipinski definition) is 0. The predicted molar refractivity (Wildman–Crippen MR) is 40.8 cm³/mol. The van der Waals surface area contributed by atoms with Gasteiger partial charge in [0.15, 0.2) is 0 Å². The van der Waals surface area contributed by atoms with E-state index in [2.05, 4.69) is 11.7 Å². The van der Waals surface area contributed by atoms with Crippen molar-refractivity contribution in [2.24, 2.45) is 0 Å². The molecule has 0 amide bonds. The second-order valence-electron chi connectivity index (χ2n) is 2.57. The Morgan fingerprint density at radius 3 is 1.57 bits per heavy atom. The van der Waals surface area contributed by atoms with Crippen molar-refractivity contribution in [2.75, 3.05) is 6.61 Å².